The second-order valence-electron chi connectivity index (χ2n) is 5.65. The highest BCUT2D eigenvalue weighted by atomic mass is 16.4. The molecule has 1 aromatic rings. The smallest absolute Gasteiger partial charge is 0.318 e. The van der Waals surface area contributed by atoms with Crippen molar-refractivity contribution >= 4 is 23.6 Å². The van der Waals surface area contributed by atoms with Gasteiger partial charge in [0.05, 0.1) is 0 Å². The fourth-order valence-electron chi connectivity index (χ4n) is 2.86. The van der Waals surface area contributed by atoms with Crippen LogP contribution in [0.3, 0.4) is 0 Å². The number of para-hydroxylation sites is 1. The maximum atomic E-state index is 12.7. The van der Waals surface area contributed by atoms with Gasteiger partial charge >= 0.3 is 12.0 Å². The third kappa shape index (κ3) is 4.24. The molecule has 0 saturated carbocycles. The Kier molecular flexibility index (Phi) is 6.17. The van der Waals surface area contributed by atoms with Gasteiger partial charge in [-0.3, -0.25) is 9.59 Å². The molecule has 1 atom stereocenters. The molecule has 1 aromatic carbocycles. The molecule has 0 radical (unpaired) electrons. The van der Waals surface area contributed by atoms with E-state index in [0.29, 0.717) is 25.9 Å². The first-order chi connectivity index (χ1) is 11.5. The molecular weight excluding hydrogens is 310 g/mol. The van der Waals surface area contributed by atoms with E-state index in [1.54, 1.807) is 4.90 Å². The predicted octanol–water partition coefficient (Wildman–Crippen LogP) is 1.69. The highest BCUT2D eigenvalue weighted by Gasteiger charge is 2.38. The van der Waals surface area contributed by atoms with E-state index < -0.39 is 12.0 Å². The predicted molar refractivity (Wildman–Crippen MR) is 89.8 cm³/mol. The molecular formula is C17H23N3O4. The van der Waals surface area contributed by atoms with Crippen LogP contribution in [-0.2, 0) is 9.59 Å². The number of anilines is 1. The monoisotopic (exact) mass is 333 g/mol. The Balaban J connectivity index is 1.94. The molecule has 1 heterocycles. The number of nitrogens with zero attached hydrogens (tertiary/aromatic N) is 2. The number of amides is 3. The number of carbonyl (C=O) groups is 3. The Hall–Kier alpha value is -2.57. The lowest BCUT2D eigenvalue weighted by molar-refractivity contribution is -0.137. The van der Waals surface area contributed by atoms with E-state index in [-0.39, 0.29) is 24.9 Å². The van der Waals surface area contributed by atoms with Crippen LogP contribution in [0, 0.1) is 0 Å². The van der Waals surface area contributed by atoms with Crippen LogP contribution in [0.5, 0.6) is 0 Å². The van der Waals surface area contributed by atoms with Gasteiger partial charge < -0.3 is 20.2 Å². The van der Waals surface area contributed by atoms with Crippen molar-refractivity contribution in [3.05, 3.63) is 30.3 Å². The SMILES string of the molecule is CCN(C(=O)NCCCC(=O)O)C1CCN(c2ccccc2)C1=O. The van der Waals surface area contributed by atoms with E-state index in [1.807, 2.05) is 37.3 Å². The summed E-state index contributed by atoms with van der Waals surface area (Å²) in [6, 6.07) is 8.60. The van der Waals surface area contributed by atoms with E-state index in [9.17, 15) is 14.4 Å². The summed E-state index contributed by atoms with van der Waals surface area (Å²) in [4.78, 5) is 38.7. The van der Waals surface area contributed by atoms with Gasteiger partial charge in [0, 0.05) is 31.7 Å². The Morgan fingerprint density at radius 1 is 1.33 bits per heavy atom. The summed E-state index contributed by atoms with van der Waals surface area (Å²) in [6.07, 6.45) is 0.966. The van der Waals surface area contributed by atoms with Gasteiger partial charge in [0.2, 0.25) is 5.91 Å². The van der Waals surface area contributed by atoms with Gasteiger partial charge in [-0.1, -0.05) is 18.2 Å². The molecule has 7 nitrogen and oxygen atoms in total. The number of urea groups is 1. The minimum Gasteiger partial charge on any atom is -0.481 e. The van der Waals surface area contributed by atoms with E-state index >= 15 is 0 Å². The average molecular weight is 333 g/mol. The van der Waals surface area contributed by atoms with Crippen LogP contribution in [-0.4, -0.2) is 53.6 Å². The van der Waals surface area contributed by atoms with Crippen molar-refractivity contribution in [1.29, 1.82) is 0 Å². The quantitative estimate of drug-likeness (QED) is 0.743. The maximum Gasteiger partial charge on any atom is 0.318 e. The lowest BCUT2D eigenvalue weighted by atomic mass is 10.2. The van der Waals surface area contributed by atoms with Crippen molar-refractivity contribution in [3.8, 4) is 0 Å². The zero-order valence-corrected chi connectivity index (χ0v) is 13.8. The van der Waals surface area contributed by atoms with Gasteiger partial charge in [0.25, 0.3) is 0 Å². The number of carboxylic acids is 1. The van der Waals surface area contributed by atoms with Crippen molar-refractivity contribution < 1.29 is 19.5 Å². The number of rotatable bonds is 7. The second-order valence-corrected chi connectivity index (χ2v) is 5.65. The first-order valence-corrected chi connectivity index (χ1v) is 8.17. The van der Waals surface area contributed by atoms with Crippen molar-refractivity contribution in [3.63, 3.8) is 0 Å². The number of benzene rings is 1. The molecule has 0 aliphatic carbocycles. The van der Waals surface area contributed by atoms with Gasteiger partial charge in [-0.2, -0.15) is 0 Å². The van der Waals surface area contributed by atoms with Gasteiger partial charge in [-0.15, -0.1) is 0 Å². The van der Waals surface area contributed by atoms with Gasteiger partial charge in [-0.05, 0) is 31.9 Å². The molecule has 24 heavy (non-hydrogen) atoms. The van der Waals surface area contributed by atoms with Crippen molar-refractivity contribution in [1.82, 2.24) is 10.2 Å². The van der Waals surface area contributed by atoms with Crippen molar-refractivity contribution in [2.24, 2.45) is 0 Å². The summed E-state index contributed by atoms with van der Waals surface area (Å²) < 4.78 is 0. The zero-order valence-electron chi connectivity index (χ0n) is 13.8. The van der Waals surface area contributed by atoms with E-state index in [2.05, 4.69) is 5.32 Å². The highest BCUT2D eigenvalue weighted by molar-refractivity contribution is 6.01. The fourth-order valence-corrected chi connectivity index (χ4v) is 2.86. The summed E-state index contributed by atoms with van der Waals surface area (Å²) in [6.45, 7) is 3.11. The Morgan fingerprint density at radius 2 is 2.04 bits per heavy atom. The molecule has 1 saturated heterocycles. The van der Waals surface area contributed by atoms with Crippen molar-refractivity contribution in [2.75, 3.05) is 24.5 Å². The van der Waals surface area contributed by atoms with Gasteiger partial charge in [-0.25, -0.2) is 4.79 Å². The Bertz CT molecular complexity index is 591. The molecule has 7 heteroatoms. The molecule has 0 spiro atoms. The number of likely N-dealkylation sites (N-methyl/N-ethyl adjacent to an activating group) is 1. The fraction of sp³-hybridized carbons (Fsp3) is 0.471. The number of hydrogen-bond acceptors (Lipinski definition) is 3. The molecule has 1 aliphatic rings. The number of carbonyl (C=O) groups excluding carboxylic acids is 2. The van der Waals surface area contributed by atoms with E-state index in [1.165, 1.54) is 4.90 Å². The molecule has 130 valence electrons. The van der Waals surface area contributed by atoms with E-state index in [0.717, 1.165) is 5.69 Å². The van der Waals surface area contributed by atoms with Crippen LogP contribution in [0.4, 0.5) is 10.5 Å². The molecule has 2 N–H and O–H groups in total. The van der Waals surface area contributed by atoms with Gasteiger partial charge in [0.15, 0.2) is 0 Å². The summed E-state index contributed by atoms with van der Waals surface area (Å²) >= 11 is 0. The molecule has 1 aliphatic heterocycles. The Labute approximate surface area is 141 Å². The van der Waals surface area contributed by atoms with Crippen LogP contribution in [0.15, 0.2) is 30.3 Å². The average Bonchev–Trinajstić information content (AvgIpc) is 2.95. The summed E-state index contributed by atoms with van der Waals surface area (Å²) in [5, 5.41) is 11.3. The largest absolute Gasteiger partial charge is 0.481 e. The van der Waals surface area contributed by atoms with Crippen molar-refractivity contribution in [2.45, 2.75) is 32.2 Å². The number of aliphatic carboxylic acids is 1. The van der Waals surface area contributed by atoms with E-state index in [4.69, 9.17) is 5.11 Å². The van der Waals surface area contributed by atoms with Crippen LogP contribution < -0.4 is 10.2 Å². The first-order valence-electron chi connectivity index (χ1n) is 8.17. The molecule has 0 aromatic heterocycles. The molecule has 3 amide bonds. The second kappa shape index (κ2) is 8.33. The van der Waals surface area contributed by atoms with Crippen LogP contribution >= 0.6 is 0 Å². The lowest BCUT2D eigenvalue weighted by Crippen LogP contribution is -2.49. The topological polar surface area (TPSA) is 89.9 Å². The summed E-state index contributed by atoms with van der Waals surface area (Å²) in [5.74, 6) is -0.968. The maximum absolute atomic E-state index is 12.7. The van der Waals surface area contributed by atoms with Gasteiger partial charge in [0.1, 0.15) is 6.04 Å². The Morgan fingerprint density at radius 3 is 2.67 bits per heavy atom. The zero-order chi connectivity index (χ0) is 17.5. The molecule has 1 fully saturated rings. The summed E-state index contributed by atoms with van der Waals surface area (Å²) in [5.41, 5.74) is 0.836. The normalized spacial score (nSPS) is 17.0. The minimum absolute atomic E-state index is 0.0105. The molecule has 2 rings (SSSR count). The molecule has 0 bridgehead atoms. The van der Waals surface area contributed by atoms with Crippen LogP contribution in [0.1, 0.15) is 26.2 Å². The number of carboxylic acid groups (broad SMARTS) is 1. The van der Waals surface area contributed by atoms with Crippen LogP contribution in [0.2, 0.25) is 0 Å². The number of hydrogen-bond donors (Lipinski definition) is 2. The van der Waals surface area contributed by atoms with Crippen LogP contribution in [0.25, 0.3) is 0 Å². The first kappa shape index (κ1) is 17.8. The number of nitrogens with one attached hydrogen (secondary N) is 1. The molecule has 1 unspecified atom stereocenters. The standard InChI is InChI=1S/C17H23N3O4/c1-2-19(17(24)18-11-6-9-15(21)22)14-10-12-20(16(14)23)13-7-4-3-5-8-13/h3-5,7-8,14H,2,6,9-12H2,1H3,(H,18,24)(H,21,22). The highest BCUT2D eigenvalue weighted by Crippen LogP contribution is 2.24. The summed E-state index contributed by atoms with van der Waals surface area (Å²) in [7, 11) is 0. The third-order valence-electron chi connectivity index (χ3n) is 4.07. The third-order valence-corrected chi connectivity index (χ3v) is 4.07. The lowest BCUT2D eigenvalue weighted by Gasteiger charge is -2.27. The minimum atomic E-state index is -0.888.